The molecule has 8 nitrogen and oxygen atoms in total. The summed E-state index contributed by atoms with van der Waals surface area (Å²) < 4.78 is 45.0. The van der Waals surface area contributed by atoms with Crippen molar-refractivity contribution in [1.29, 1.82) is 0 Å². The first-order valence-electron chi connectivity index (χ1n) is 10.9. The van der Waals surface area contributed by atoms with E-state index >= 15 is 0 Å². The molecule has 0 radical (unpaired) electrons. The maximum atomic E-state index is 14.6. The van der Waals surface area contributed by atoms with Gasteiger partial charge >= 0.3 is 0 Å². The number of aryl methyl sites for hydroxylation is 1. The molecule has 3 aromatic heterocycles. The van der Waals surface area contributed by atoms with E-state index in [-0.39, 0.29) is 37.3 Å². The lowest BCUT2D eigenvalue weighted by Crippen LogP contribution is -2.28. The van der Waals surface area contributed by atoms with Crippen LogP contribution in [0.1, 0.15) is 39.9 Å². The Hall–Kier alpha value is -3.37. The number of halogens is 3. The van der Waals surface area contributed by atoms with E-state index in [2.05, 4.69) is 20.3 Å². The van der Waals surface area contributed by atoms with Crippen molar-refractivity contribution in [1.82, 2.24) is 29.4 Å². The van der Waals surface area contributed by atoms with E-state index in [4.69, 9.17) is 0 Å². The van der Waals surface area contributed by atoms with Gasteiger partial charge in [0.1, 0.15) is 11.5 Å². The number of nitrogens with one attached hydrogen (secondary N) is 1. The molecule has 3 atom stereocenters. The molecule has 2 aliphatic carbocycles. The number of carbonyl (C=O) groups is 1. The molecule has 6 rings (SSSR count). The highest BCUT2D eigenvalue weighted by atomic mass is 19.3. The summed E-state index contributed by atoms with van der Waals surface area (Å²) >= 11 is 0. The SMILES string of the molecule is Cn1cnc2c1CC[C@H]2NC(=O)c1cn(Cc2ccc(N3CC4C(C3)C4(F)F)nc2F)cn1. The molecule has 0 spiro atoms. The van der Waals surface area contributed by atoms with Crippen molar-refractivity contribution in [3.63, 3.8) is 0 Å². The highest BCUT2D eigenvalue weighted by Crippen LogP contribution is 2.59. The van der Waals surface area contributed by atoms with Crippen LogP contribution in [0.2, 0.25) is 0 Å². The molecular weight excluding hydrogens is 435 g/mol. The lowest BCUT2D eigenvalue weighted by atomic mass is 10.2. The molecule has 0 aromatic carbocycles. The Kier molecular flexibility index (Phi) is 4.33. The van der Waals surface area contributed by atoms with Gasteiger partial charge in [-0.2, -0.15) is 4.39 Å². The van der Waals surface area contributed by atoms with Gasteiger partial charge in [-0.3, -0.25) is 4.79 Å². The third-order valence-corrected chi connectivity index (χ3v) is 7.05. The number of piperidine rings is 1. The number of amides is 1. The summed E-state index contributed by atoms with van der Waals surface area (Å²) in [5, 5.41) is 2.97. The Morgan fingerprint density at radius 2 is 2.00 bits per heavy atom. The fraction of sp³-hybridized carbons (Fsp3) is 0.455. The predicted octanol–water partition coefficient (Wildman–Crippen LogP) is 2.32. The Morgan fingerprint density at radius 1 is 1.21 bits per heavy atom. The van der Waals surface area contributed by atoms with E-state index in [1.807, 2.05) is 11.6 Å². The van der Waals surface area contributed by atoms with Crippen LogP contribution in [0.25, 0.3) is 0 Å². The summed E-state index contributed by atoms with van der Waals surface area (Å²) in [5.74, 6) is -4.48. The monoisotopic (exact) mass is 457 g/mol. The highest BCUT2D eigenvalue weighted by molar-refractivity contribution is 5.92. The Morgan fingerprint density at radius 3 is 2.76 bits per heavy atom. The fourth-order valence-electron chi connectivity index (χ4n) is 5.06. The van der Waals surface area contributed by atoms with Crippen LogP contribution in [-0.4, -0.2) is 49.0 Å². The maximum Gasteiger partial charge on any atom is 0.272 e. The molecule has 1 amide bonds. The molecule has 1 saturated carbocycles. The quantitative estimate of drug-likeness (QED) is 0.595. The molecule has 172 valence electrons. The normalized spacial score (nSPS) is 24.6. The molecular formula is C22H22F3N7O. The number of carbonyl (C=O) groups excluding carboxylic acids is 1. The van der Waals surface area contributed by atoms with Crippen LogP contribution in [-0.2, 0) is 20.0 Å². The first-order chi connectivity index (χ1) is 15.8. The summed E-state index contributed by atoms with van der Waals surface area (Å²) in [6.45, 7) is 0.547. The number of hydrogen-bond acceptors (Lipinski definition) is 5. The van der Waals surface area contributed by atoms with Gasteiger partial charge in [0, 0.05) is 37.6 Å². The number of alkyl halides is 2. The van der Waals surface area contributed by atoms with Crippen LogP contribution in [0.15, 0.2) is 31.0 Å². The van der Waals surface area contributed by atoms with Crippen molar-refractivity contribution in [3.05, 3.63) is 59.6 Å². The van der Waals surface area contributed by atoms with Gasteiger partial charge in [0.25, 0.3) is 11.8 Å². The molecule has 2 fully saturated rings. The zero-order chi connectivity index (χ0) is 22.9. The summed E-state index contributed by atoms with van der Waals surface area (Å²) in [5.41, 5.74) is 2.57. The summed E-state index contributed by atoms with van der Waals surface area (Å²) in [4.78, 5) is 26.9. The second-order valence-corrected chi connectivity index (χ2v) is 9.10. The summed E-state index contributed by atoms with van der Waals surface area (Å²) in [7, 11) is 1.93. The van der Waals surface area contributed by atoms with E-state index in [0.29, 0.717) is 11.4 Å². The Balaban J connectivity index is 1.10. The zero-order valence-electron chi connectivity index (χ0n) is 17.9. The van der Waals surface area contributed by atoms with Crippen molar-refractivity contribution in [2.75, 3.05) is 18.0 Å². The van der Waals surface area contributed by atoms with Gasteiger partial charge in [0.05, 0.1) is 42.8 Å². The maximum absolute atomic E-state index is 14.6. The number of rotatable bonds is 5. The first-order valence-corrected chi connectivity index (χ1v) is 10.9. The smallest absolute Gasteiger partial charge is 0.272 e. The number of hydrogen-bond donors (Lipinski definition) is 1. The average Bonchev–Trinajstić information content (AvgIpc) is 3.41. The molecule has 4 heterocycles. The molecule has 33 heavy (non-hydrogen) atoms. The molecule has 0 bridgehead atoms. The number of fused-ring (bicyclic) bond motifs is 2. The largest absolute Gasteiger partial charge is 0.355 e. The van der Waals surface area contributed by atoms with Gasteiger partial charge in [-0.1, -0.05) is 0 Å². The van der Waals surface area contributed by atoms with Gasteiger partial charge in [-0.25, -0.2) is 23.7 Å². The third kappa shape index (κ3) is 3.28. The van der Waals surface area contributed by atoms with Crippen molar-refractivity contribution in [3.8, 4) is 0 Å². The second-order valence-electron chi connectivity index (χ2n) is 9.10. The predicted molar refractivity (Wildman–Crippen MR) is 111 cm³/mol. The number of aromatic nitrogens is 5. The fourth-order valence-corrected chi connectivity index (χ4v) is 5.06. The minimum Gasteiger partial charge on any atom is -0.355 e. The van der Waals surface area contributed by atoms with Crippen molar-refractivity contribution in [2.45, 2.75) is 31.4 Å². The Bertz CT molecular complexity index is 1240. The zero-order valence-corrected chi connectivity index (χ0v) is 17.9. The molecule has 2 unspecified atom stereocenters. The van der Waals surface area contributed by atoms with Crippen LogP contribution in [0.4, 0.5) is 19.0 Å². The minimum atomic E-state index is -2.59. The van der Waals surface area contributed by atoms with E-state index in [1.165, 1.54) is 6.33 Å². The molecule has 1 N–H and O–H groups in total. The molecule has 11 heteroatoms. The number of pyridine rings is 1. The van der Waals surface area contributed by atoms with Crippen molar-refractivity contribution >= 4 is 11.7 Å². The molecule has 1 saturated heterocycles. The topological polar surface area (TPSA) is 80.9 Å². The van der Waals surface area contributed by atoms with Gasteiger partial charge in [-0.05, 0) is 25.0 Å². The number of imidazole rings is 2. The van der Waals surface area contributed by atoms with E-state index in [0.717, 1.165) is 24.2 Å². The van der Waals surface area contributed by atoms with Crippen LogP contribution in [0, 0.1) is 17.8 Å². The molecule has 3 aromatic rings. The lowest BCUT2D eigenvalue weighted by Gasteiger charge is -2.21. The van der Waals surface area contributed by atoms with Gasteiger partial charge in [0.15, 0.2) is 0 Å². The van der Waals surface area contributed by atoms with Crippen LogP contribution >= 0.6 is 0 Å². The van der Waals surface area contributed by atoms with E-state index < -0.39 is 23.7 Å². The van der Waals surface area contributed by atoms with Crippen LogP contribution < -0.4 is 10.2 Å². The number of nitrogens with zero attached hydrogens (tertiary/aromatic N) is 6. The van der Waals surface area contributed by atoms with Gasteiger partial charge < -0.3 is 19.4 Å². The highest BCUT2D eigenvalue weighted by Gasteiger charge is 2.71. The third-order valence-electron chi connectivity index (χ3n) is 7.05. The summed E-state index contributed by atoms with van der Waals surface area (Å²) in [6.07, 6.45) is 6.42. The molecule has 1 aliphatic heterocycles. The van der Waals surface area contributed by atoms with E-state index in [9.17, 15) is 18.0 Å². The average molecular weight is 457 g/mol. The second kappa shape index (κ2) is 7.06. The van der Waals surface area contributed by atoms with E-state index in [1.54, 1.807) is 34.1 Å². The first kappa shape index (κ1) is 20.3. The summed E-state index contributed by atoms with van der Waals surface area (Å²) in [6, 6.07) is 3.10. The van der Waals surface area contributed by atoms with Gasteiger partial charge in [-0.15, -0.1) is 0 Å². The molecule has 3 aliphatic rings. The lowest BCUT2D eigenvalue weighted by molar-refractivity contribution is 0.0796. The minimum absolute atomic E-state index is 0.149. The van der Waals surface area contributed by atoms with Gasteiger partial charge in [0.2, 0.25) is 5.95 Å². The number of anilines is 1. The van der Waals surface area contributed by atoms with Crippen LogP contribution in [0.5, 0.6) is 0 Å². The van der Waals surface area contributed by atoms with Crippen LogP contribution in [0.3, 0.4) is 0 Å². The standard InChI is InChI=1S/C22H22F3N7O/c1-30-10-27-19-15(3-4-17(19)30)28-21(33)16-9-31(11-26-16)6-12-2-5-18(29-20(12)23)32-7-13-14(8-32)22(13,24)25/h2,5,9-11,13-15H,3-4,6-8H2,1H3,(H,28,33)/t13?,14?,15-/m1/s1. The van der Waals surface area contributed by atoms with Crippen molar-refractivity contribution < 1.29 is 18.0 Å². The van der Waals surface area contributed by atoms with Crippen molar-refractivity contribution in [2.24, 2.45) is 18.9 Å². The Labute approximate surface area is 187 Å².